The topological polar surface area (TPSA) is 59.0 Å². The number of amides is 2. The van der Waals surface area contributed by atoms with E-state index in [1.165, 1.54) is 18.6 Å². The Labute approximate surface area is 140 Å². The quantitative estimate of drug-likeness (QED) is 0.884. The second-order valence-electron chi connectivity index (χ2n) is 6.11. The summed E-state index contributed by atoms with van der Waals surface area (Å²) in [6.45, 7) is 3.66. The molecule has 1 fully saturated rings. The number of thioether (sulfide) groups is 1. The molecule has 0 bridgehead atoms. The molecule has 3 rings (SSSR count). The number of hydrogen-bond donors (Lipinski definition) is 2. The third kappa shape index (κ3) is 4.51. The van der Waals surface area contributed by atoms with Crippen LogP contribution in [0.15, 0.2) is 42.7 Å². The predicted molar refractivity (Wildman–Crippen MR) is 94.9 cm³/mol. The molecule has 1 aromatic heterocycles. The Bertz CT molecular complexity index is 633. The number of hydrogen-bond acceptors (Lipinski definition) is 3. The Kier molecular flexibility index (Phi) is 4.91. The van der Waals surface area contributed by atoms with E-state index in [1.807, 2.05) is 53.0 Å². The van der Waals surface area contributed by atoms with Gasteiger partial charge in [0.15, 0.2) is 0 Å². The molecule has 2 heterocycles. The maximum Gasteiger partial charge on any atom is 0.319 e. The molecule has 0 unspecified atom stereocenters. The van der Waals surface area contributed by atoms with Gasteiger partial charge in [-0.05, 0) is 49.3 Å². The highest BCUT2D eigenvalue weighted by Gasteiger charge is 2.29. The van der Waals surface area contributed by atoms with Gasteiger partial charge in [-0.1, -0.05) is 12.1 Å². The summed E-state index contributed by atoms with van der Waals surface area (Å²) in [5.41, 5.74) is 1.95. The van der Waals surface area contributed by atoms with E-state index in [9.17, 15) is 4.79 Å². The molecule has 2 aromatic rings. The fraction of sp³-hybridized carbons (Fsp3) is 0.412. The van der Waals surface area contributed by atoms with Crippen LogP contribution >= 0.6 is 11.8 Å². The summed E-state index contributed by atoms with van der Waals surface area (Å²) >= 11 is 1.95. The minimum atomic E-state index is -0.140. The van der Waals surface area contributed by atoms with Gasteiger partial charge in [0.2, 0.25) is 0 Å². The zero-order valence-electron chi connectivity index (χ0n) is 13.3. The lowest BCUT2D eigenvalue weighted by atomic mass is 10.1. The lowest BCUT2D eigenvalue weighted by Gasteiger charge is -2.22. The van der Waals surface area contributed by atoms with Crippen molar-refractivity contribution in [2.24, 2.45) is 0 Å². The van der Waals surface area contributed by atoms with Crippen LogP contribution in [-0.2, 0) is 6.54 Å². The van der Waals surface area contributed by atoms with Gasteiger partial charge in [-0.15, -0.1) is 0 Å². The molecule has 0 spiro atoms. The molecule has 6 heteroatoms. The van der Waals surface area contributed by atoms with Crippen LogP contribution in [0.5, 0.6) is 0 Å². The van der Waals surface area contributed by atoms with Crippen LogP contribution in [0.25, 0.3) is 0 Å². The van der Waals surface area contributed by atoms with Crippen molar-refractivity contribution < 1.29 is 4.79 Å². The molecule has 0 saturated carbocycles. The van der Waals surface area contributed by atoms with E-state index in [1.54, 1.807) is 6.20 Å². The molecule has 1 saturated heterocycles. The number of carbonyl (C=O) groups excluding carboxylic acids is 1. The zero-order valence-corrected chi connectivity index (χ0v) is 14.1. The van der Waals surface area contributed by atoms with Gasteiger partial charge >= 0.3 is 6.03 Å². The highest BCUT2D eigenvalue weighted by molar-refractivity contribution is 8.00. The number of aromatic nitrogens is 2. The molecule has 5 nitrogen and oxygen atoms in total. The summed E-state index contributed by atoms with van der Waals surface area (Å²) in [7, 11) is 0. The minimum absolute atomic E-state index is 0.140. The average molecular weight is 330 g/mol. The normalized spacial score (nSPS) is 20.4. The van der Waals surface area contributed by atoms with Crippen LogP contribution in [-0.4, -0.2) is 32.9 Å². The van der Waals surface area contributed by atoms with Crippen molar-refractivity contribution in [3.63, 3.8) is 0 Å². The number of nitrogens with zero attached hydrogens (tertiary/aromatic N) is 2. The van der Waals surface area contributed by atoms with Gasteiger partial charge in [0.25, 0.3) is 0 Å². The summed E-state index contributed by atoms with van der Waals surface area (Å²) in [5.74, 6) is 1.19. The fourth-order valence-electron chi connectivity index (χ4n) is 2.69. The second kappa shape index (κ2) is 7.08. The van der Waals surface area contributed by atoms with Crippen molar-refractivity contribution in [2.75, 3.05) is 17.6 Å². The highest BCUT2D eigenvalue weighted by atomic mass is 32.2. The van der Waals surface area contributed by atoms with Crippen molar-refractivity contribution >= 4 is 23.5 Å². The highest BCUT2D eigenvalue weighted by Crippen LogP contribution is 2.36. The number of carbonyl (C=O) groups is 1. The second-order valence-corrected chi connectivity index (χ2v) is 7.79. The van der Waals surface area contributed by atoms with Crippen LogP contribution in [0.1, 0.15) is 25.3 Å². The van der Waals surface area contributed by atoms with E-state index in [0.717, 1.165) is 17.8 Å². The van der Waals surface area contributed by atoms with E-state index in [-0.39, 0.29) is 10.8 Å². The molecule has 1 aliphatic heterocycles. The summed E-state index contributed by atoms with van der Waals surface area (Å²) < 4.78 is 2.06. The van der Waals surface area contributed by atoms with Crippen molar-refractivity contribution in [1.29, 1.82) is 0 Å². The third-order valence-corrected chi connectivity index (χ3v) is 5.58. The maximum absolute atomic E-state index is 12.0. The number of anilines is 1. The van der Waals surface area contributed by atoms with Crippen LogP contribution < -0.4 is 10.6 Å². The van der Waals surface area contributed by atoms with Gasteiger partial charge in [-0.25, -0.2) is 4.79 Å². The van der Waals surface area contributed by atoms with Gasteiger partial charge < -0.3 is 10.6 Å². The SMILES string of the molecule is C[C@@]1(CNC(=O)Nc2ccc(Cn3cccn3)cc2)CCCS1. The van der Waals surface area contributed by atoms with Gasteiger partial charge in [-0.2, -0.15) is 16.9 Å². The van der Waals surface area contributed by atoms with Crippen molar-refractivity contribution in [1.82, 2.24) is 15.1 Å². The van der Waals surface area contributed by atoms with E-state index >= 15 is 0 Å². The fourth-order valence-corrected chi connectivity index (χ4v) is 3.94. The Morgan fingerprint density at radius 3 is 2.87 bits per heavy atom. The van der Waals surface area contributed by atoms with Crippen molar-refractivity contribution in [2.45, 2.75) is 31.1 Å². The Morgan fingerprint density at radius 2 is 2.22 bits per heavy atom. The summed E-state index contributed by atoms with van der Waals surface area (Å²) in [6, 6.07) is 9.62. The van der Waals surface area contributed by atoms with Gasteiger partial charge in [-0.3, -0.25) is 4.68 Å². The van der Waals surface area contributed by atoms with Crippen LogP contribution in [0.4, 0.5) is 10.5 Å². The third-order valence-electron chi connectivity index (χ3n) is 4.04. The van der Waals surface area contributed by atoms with Crippen molar-refractivity contribution in [3.8, 4) is 0 Å². The first-order valence-electron chi connectivity index (χ1n) is 7.88. The molecule has 2 N–H and O–H groups in total. The summed E-state index contributed by atoms with van der Waals surface area (Å²) in [4.78, 5) is 12.0. The monoisotopic (exact) mass is 330 g/mol. The van der Waals surface area contributed by atoms with E-state index in [4.69, 9.17) is 0 Å². The van der Waals surface area contributed by atoms with Gasteiger partial charge in [0.1, 0.15) is 0 Å². The Morgan fingerprint density at radius 1 is 1.39 bits per heavy atom. The molecular weight excluding hydrogens is 308 g/mol. The zero-order chi connectivity index (χ0) is 16.1. The molecule has 1 aliphatic rings. The van der Waals surface area contributed by atoms with Gasteiger partial charge in [0.05, 0.1) is 6.54 Å². The summed E-state index contributed by atoms with van der Waals surface area (Å²) in [6.07, 6.45) is 6.10. The molecule has 23 heavy (non-hydrogen) atoms. The van der Waals surface area contributed by atoms with E-state index in [0.29, 0.717) is 6.54 Å². The standard InChI is InChI=1S/C17H22N4OS/c1-17(8-2-11-23-17)13-18-16(22)20-15-6-4-14(5-7-15)12-21-10-3-9-19-21/h3-7,9-10H,2,8,11-13H2,1H3,(H2,18,20,22)/t17-/m0/s1. The van der Waals surface area contributed by atoms with Crippen molar-refractivity contribution in [3.05, 3.63) is 48.3 Å². The molecule has 0 radical (unpaired) electrons. The lowest BCUT2D eigenvalue weighted by molar-refractivity contribution is 0.251. The van der Waals surface area contributed by atoms with Gasteiger partial charge in [0, 0.05) is 29.4 Å². The number of rotatable bonds is 5. The number of urea groups is 1. The van der Waals surface area contributed by atoms with E-state index in [2.05, 4.69) is 22.7 Å². The predicted octanol–water partition coefficient (Wildman–Crippen LogP) is 3.34. The summed E-state index contributed by atoms with van der Waals surface area (Å²) in [5, 5.41) is 10.1. The molecule has 1 atom stereocenters. The molecule has 0 aliphatic carbocycles. The molecule has 122 valence electrons. The van der Waals surface area contributed by atoms with E-state index < -0.39 is 0 Å². The Balaban J connectivity index is 1.48. The van der Waals surface area contributed by atoms with Crippen LogP contribution in [0.3, 0.4) is 0 Å². The Hall–Kier alpha value is -1.95. The largest absolute Gasteiger partial charge is 0.336 e. The van der Waals surface area contributed by atoms with Crippen LogP contribution in [0.2, 0.25) is 0 Å². The molecule has 1 aromatic carbocycles. The first-order valence-corrected chi connectivity index (χ1v) is 8.87. The molecule has 2 amide bonds. The lowest BCUT2D eigenvalue weighted by Crippen LogP contribution is -2.39. The number of nitrogens with one attached hydrogen (secondary N) is 2. The maximum atomic E-state index is 12.0. The first-order chi connectivity index (χ1) is 11.1. The smallest absolute Gasteiger partial charge is 0.319 e. The number of benzene rings is 1. The molecular formula is C17H22N4OS. The first kappa shape index (κ1) is 15.9. The average Bonchev–Trinajstić information content (AvgIpc) is 3.20. The van der Waals surface area contributed by atoms with Crippen LogP contribution in [0, 0.1) is 0 Å². The minimum Gasteiger partial charge on any atom is -0.336 e.